The Hall–Kier alpha value is -1.74. The number of nitrogens with zero attached hydrogens (tertiary/aromatic N) is 1. The molecule has 0 aliphatic carbocycles. The van der Waals surface area contributed by atoms with Crippen LogP contribution in [0, 0.1) is 18.3 Å². The zero-order chi connectivity index (χ0) is 14.8. The van der Waals surface area contributed by atoms with Crippen LogP contribution in [0.4, 0.5) is 4.79 Å². The first-order valence-corrected chi connectivity index (χ1v) is 6.20. The zero-order valence-electron chi connectivity index (χ0n) is 11.7. The van der Waals surface area contributed by atoms with Gasteiger partial charge in [0, 0.05) is 6.61 Å². The van der Waals surface area contributed by atoms with Gasteiger partial charge >= 0.3 is 12.0 Å². The Morgan fingerprint density at radius 1 is 1.47 bits per heavy atom. The van der Waals surface area contributed by atoms with Crippen molar-refractivity contribution < 1.29 is 19.4 Å². The lowest BCUT2D eigenvalue weighted by atomic mass is 10.1. The predicted octanol–water partition coefficient (Wildman–Crippen LogP) is 0.777. The van der Waals surface area contributed by atoms with Crippen LogP contribution in [0.25, 0.3) is 0 Å². The number of rotatable bonds is 8. The van der Waals surface area contributed by atoms with Crippen molar-refractivity contribution >= 4 is 12.0 Å². The van der Waals surface area contributed by atoms with E-state index in [0.717, 1.165) is 4.90 Å². The van der Waals surface area contributed by atoms with Crippen LogP contribution < -0.4 is 5.32 Å². The molecule has 2 amide bonds. The van der Waals surface area contributed by atoms with Gasteiger partial charge in [0.05, 0.1) is 19.2 Å². The van der Waals surface area contributed by atoms with Gasteiger partial charge in [0.2, 0.25) is 0 Å². The lowest BCUT2D eigenvalue weighted by molar-refractivity contribution is -0.137. The minimum Gasteiger partial charge on any atom is -0.480 e. The Morgan fingerprint density at radius 2 is 2.11 bits per heavy atom. The van der Waals surface area contributed by atoms with Gasteiger partial charge in [0.1, 0.15) is 6.54 Å². The third kappa shape index (κ3) is 7.32. The largest absolute Gasteiger partial charge is 0.480 e. The molecule has 0 spiro atoms. The molecule has 1 atom stereocenters. The smallest absolute Gasteiger partial charge is 0.323 e. The second kappa shape index (κ2) is 9.22. The highest BCUT2D eigenvalue weighted by Crippen LogP contribution is 2.03. The van der Waals surface area contributed by atoms with Crippen molar-refractivity contribution in [3.8, 4) is 12.3 Å². The van der Waals surface area contributed by atoms with Crippen molar-refractivity contribution in [1.29, 1.82) is 0 Å². The maximum Gasteiger partial charge on any atom is 0.323 e. The molecule has 0 aromatic rings. The van der Waals surface area contributed by atoms with E-state index in [2.05, 4.69) is 11.2 Å². The van der Waals surface area contributed by atoms with E-state index in [1.54, 1.807) is 0 Å². The predicted molar refractivity (Wildman–Crippen MR) is 71.7 cm³/mol. The van der Waals surface area contributed by atoms with Crippen LogP contribution in [0.3, 0.4) is 0 Å². The first-order chi connectivity index (χ1) is 8.92. The molecule has 19 heavy (non-hydrogen) atoms. The van der Waals surface area contributed by atoms with Gasteiger partial charge < -0.3 is 20.1 Å². The topological polar surface area (TPSA) is 78.9 Å². The highest BCUT2D eigenvalue weighted by atomic mass is 16.5. The fourth-order valence-electron chi connectivity index (χ4n) is 1.37. The fourth-order valence-corrected chi connectivity index (χ4v) is 1.37. The average molecular weight is 270 g/mol. The number of aliphatic carboxylic acids is 1. The minimum absolute atomic E-state index is 0.0441. The second-order valence-corrected chi connectivity index (χ2v) is 4.41. The van der Waals surface area contributed by atoms with Crippen molar-refractivity contribution in [2.75, 3.05) is 26.3 Å². The Labute approximate surface area is 114 Å². The number of ether oxygens (including phenoxy) is 1. The molecule has 0 bridgehead atoms. The van der Waals surface area contributed by atoms with Gasteiger partial charge in [-0.15, -0.1) is 6.42 Å². The van der Waals surface area contributed by atoms with Crippen LogP contribution in [0.5, 0.6) is 0 Å². The maximum atomic E-state index is 11.9. The summed E-state index contributed by atoms with van der Waals surface area (Å²) in [5.41, 5.74) is 0. The van der Waals surface area contributed by atoms with Crippen molar-refractivity contribution in [2.24, 2.45) is 5.92 Å². The van der Waals surface area contributed by atoms with Crippen LogP contribution in [-0.2, 0) is 9.53 Å². The summed E-state index contributed by atoms with van der Waals surface area (Å²) in [6.45, 7) is 6.25. The number of terminal acetylenes is 1. The van der Waals surface area contributed by atoms with Crippen LogP contribution in [0.2, 0.25) is 0 Å². The van der Waals surface area contributed by atoms with Gasteiger partial charge in [-0.1, -0.05) is 19.8 Å². The molecule has 0 aromatic carbocycles. The first kappa shape index (κ1) is 17.3. The summed E-state index contributed by atoms with van der Waals surface area (Å²) in [5.74, 6) is 1.34. The summed E-state index contributed by atoms with van der Waals surface area (Å²) >= 11 is 0. The van der Waals surface area contributed by atoms with Crippen molar-refractivity contribution in [1.82, 2.24) is 10.2 Å². The molecule has 0 aliphatic rings. The molecule has 0 radical (unpaired) electrons. The standard InChI is InChI=1S/C13H22N2O4/c1-5-7-15(8-12(16)17)13(18)14-11(10(3)4)9-19-6-2/h1,10-11H,6-9H2,2-4H3,(H,14,18)(H,16,17). The molecule has 2 N–H and O–H groups in total. The highest BCUT2D eigenvalue weighted by molar-refractivity contribution is 5.80. The number of urea groups is 1. The number of carboxylic acid groups (broad SMARTS) is 1. The van der Waals surface area contributed by atoms with E-state index in [-0.39, 0.29) is 18.5 Å². The zero-order valence-corrected chi connectivity index (χ0v) is 11.7. The van der Waals surface area contributed by atoms with Gasteiger partial charge in [-0.25, -0.2) is 4.79 Å². The number of nitrogens with one attached hydrogen (secondary N) is 1. The van der Waals surface area contributed by atoms with Gasteiger partial charge in [-0.3, -0.25) is 4.79 Å². The van der Waals surface area contributed by atoms with E-state index in [1.807, 2.05) is 20.8 Å². The normalized spacial score (nSPS) is 11.7. The number of carbonyl (C=O) groups is 2. The number of amides is 2. The summed E-state index contributed by atoms with van der Waals surface area (Å²) < 4.78 is 5.29. The van der Waals surface area contributed by atoms with Crippen molar-refractivity contribution in [2.45, 2.75) is 26.8 Å². The molecule has 0 aliphatic heterocycles. The summed E-state index contributed by atoms with van der Waals surface area (Å²) in [6, 6.07) is -0.666. The molecule has 0 aromatic heterocycles. The Bertz CT molecular complexity index is 336. The van der Waals surface area contributed by atoms with E-state index in [1.165, 1.54) is 0 Å². The number of hydrogen-bond acceptors (Lipinski definition) is 3. The summed E-state index contributed by atoms with van der Waals surface area (Å²) in [5, 5.41) is 11.5. The van der Waals surface area contributed by atoms with Crippen molar-refractivity contribution in [3.63, 3.8) is 0 Å². The first-order valence-electron chi connectivity index (χ1n) is 6.20. The van der Waals surface area contributed by atoms with Gasteiger partial charge in [0.15, 0.2) is 0 Å². The molecule has 1 unspecified atom stereocenters. The van der Waals surface area contributed by atoms with Gasteiger partial charge in [-0.2, -0.15) is 0 Å². The molecule has 0 saturated heterocycles. The molecule has 0 fully saturated rings. The monoisotopic (exact) mass is 270 g/mol. The number of carboxylic acids is 1. The highest BCUT2D eigenvalue weighted by Gasteiger charge is 2.21. The fraction of sp³-hybridized carbons (Fsp3) is 0.692. The molecule has 6 heteroatoms. The van der Waals surface area contributed by atoms with Gasteiger partial charge in [-0.05, 0) is 12.8 Å². The molecular weight excluding hydrogens is 248 g/mol. The molecule has 0 saturated carbocycles. The molecule has 108 valence electrons. The third-order valence-electron chi connectivity index (χ3n) is 2.51. The second-order valence-electron chi connectivity index (χ2n) is 4.41. The lowest BCUT2D eigenvalue weighted by Gasteiger charge is -2.26. The van der Waals surface area contributed by atoms with Crippen LogP contribution >= 0.6 is 0 Å². The van der Waals surface area contributed by atoms with Gasteiger partial charge in [0.25, 0.3) is 0 Å². The lowest BCUT2D eigenvalue weighted by Crippen LogP contribution is -2.50. The van der Waals surface area contributed by atoms with Crippen LogP contribution in [-0.4, -0.2) is 54.4 Å². The Balaban J connectivity index is 4.56. The quantitative estimate of drug-likeness (QED) is 0.639. The molecule has 6 nitrogen and oxygen atoms in total. The van der Waals surface area contributed by atoms with E-state index in [0.29, 0.717) is 13.2 Å². The van der Waals surface area contributed by atoms with Crippen molar-refractivity contribution in [3.05, 3.63) is 0 Å². The molecular formula is C13H22N2O4. The molecule has 0 rings (SSSR count). The maximum absolute atomic E-state index is 11.9. The Morgan fingerprint density at radius 3 is 2.53 bits per heavy atom. The SMILES string of the molecule is C#CCN(CC(=O)O)C(=O)NC(COCC)C(C)C. The summed E-state index contributed by atoms with van der Waals surface area (Å²) in [6.07, 6.45) is 5.12. The van der Waals surface area contributed by atoms with E-state index < -0.39 is 18.5 Å². The summed E-state index contributed by atoms with van der Waals surface area (Å²) in [4.78, 5) is 23.7. The average Bonchev–Trinajstić information content (AvgIpc) is 2.32. The van der Waals surface area contributed by atoms with E-state index in [9.17, 15) is 9.59 Å². The summed E-state index contributed by atoms with van der Waals surface area (Å²) in [7, 11) is 0. The van der Waals surface area contributed by atoms with Crippen LogP contribution in [0.15, 0.2) is 0 Å². The Kier molecular flexibility index (Phi) is 8.38. The number of hydrogen-bond donors (Lipinski definition) is 2. The van der Waals surface area contributed by atoms with E-state index in [4.69, 9.17) is 16.3 Å². The minimum atomic E-state index is -1.10. The van der Waals surface area contributed by atoms with Crippen LogP contribution in [0.1, 0.15) is 20.8 Å². The number of carbonyl (C=O) groups excluding carboxylic acids is 1. The third-order valence-corrected chi connectivity index (χ3v) is 2.51. The molecule has 0 heterocycles. The van der Waals surface area contributed by atoms with E-state index >= 15 is 0 Å².